The highest BCUT2D eigenvalue weighted by Crippen LogP contribution is 2.26. The molecule has 0 aromatic carbocycles. The second-order valence-electron chi connectivity index (χ2n) is 4.92. The molecule has 1 aliphatic rings. The maximum atomic E-state index is 5.34. The lowest BCUT2D eigenvalue weighted by molar-refractivity contribution is 0.192. The summed E-state index contributed by atoms with van der Waals surface area (Å²) in [5.74, 6) is 1.37. The Morgan fingerprint density at radius 1 is 1.24 bits per heavy atom. The number of H-pyrrole nitrogens is 1. The Labute approximate surface area is 120 Å². The highest BCUT2D eigenvalue weighted by molar-refractivity contribution is 5.63. The van der Waals surface area contributed by atoms with Crippen LogP contribution >= 0.6 is 0 Å². The first-order valence-electron chi connectivity index (χ1n) is 6.78. The van der Waals surface area contributed by atoms with Gasteiger partial charge in [-0.3, -0.25) is 10.1 Å². The van der Waals surface area contributed by atoms with Crippen molar-refractivity contribution in [3.05, 3.63) is 36.4 Å². The van der Waals surface area contributed by atoms with Gasteiger partial charge in [-0.25, -0.2) is 0 Å². The summed E-state index contributed by atoms with van der Waals surface area (Å²) in [5.41, 5.74) is 2.51. The molecule has 0 aliphatic carbocycles. The fourth-order valence-electron chi connectivity index (χ4n) is 2.35. The molecule has 7 nitrogen and oxygen atoms in total. The molecule has 0 saturated carbocycles. The molecule has 3 aromatic heterocycles. The smallest absolute Gasteiger partial charge is 0.275 e. The molecule has 0 unspecified atom stereocenters. The van der Waals surface area contributed by atoms with Gasteiger partial charge < -0.3 is 9.26 Å². The summed E-state index contributed by atoms with van der Waals surface area (Å²) in [7, 11) is 0. The molecule has 0 bridgehead atoms. The molecule has 4 heterocycles. The Balaban J connectivity index is 1.61. The quantitative estimate of drug-likeness (QED) is 0.791. The fraction of sp³-hybridized carbons (Fsp3) is 0.286. The molecular formula is C14H13N5O2. The number of nitrogens with one attached hydrogen (secondary N) is 1. The Bertz CT molecular complexity index is 731. The normalized spacial score (nSPS) is 18.2. The average molecular weight is 283 g/mol. The van der Waals surface area contributed by atoms with Crippen LogP contribution in [0.2, 0.25) is 0 Å². The van der Waals surface area contributed by atoms with Crippen LogP contribution < -0.4 is 0 Å². The van der Waals surface area contributed by atoms with E-state index in [2.05, 4.69) is 25.3 Å². The highest BCUT2D eigenvalue weighted by Gasteiger charge is 2.24. The summed E-state index contributed by atoms with van der Waals surface area (Å²) in [4.78, 5) is 8.42. The minimum atomic E-state index is 0.227. The molecule has 106 valence electrons. The van der Waals surface area contributed by atoms with E-state index in [-0.39, 0.29) is 5.92 Å². The van der Waals surface area contributed by atoms with E-state index in [1.807, 2.05) is 18.2 Å². The summed E-state index contributed by atoms with van der Waals surface area (Å²) in [6.45, 7) is 1.41. The maximum absolute atomic E-state index is 5.34. The standard InChI is InChI=1S/C14H13N5O2/c1-4-15-5-2-9(1)11-7-12(18-17-11)14-16-13(19-21-14)10-3-6-20-8-10/h1-2,4-5,7,10H,3,6,8H2,(H,17,18)/t10-/m1/s1. The van der Waals surface area contributed by atoms with Crippen molar-refractivity contribution in [2.45, 2.75) is 12.3 Å². The van der Waals surface area contributed by atoms with Crippen LogP contribution in [-0.2, 0) is 4.74 Å². The van der Waals surface area contributed by atoms with Crippen LogP contribution in [0.3, 0.4) is 0 Å². The van der Waals surface area contributed by atoms with Crippen LogP contribution in [0, 0.1) is 0 Å². The van der Waals surface area contributed by atoms with Gasteiger partial charge in [-0.15, -0.1) is 0 Å². The zero-order valence-corrected chi connectivity index (χ0v) is 11.2. The molecule has 0 radical (unpaired) electrons. The number of hydrogen-bond acceptors (Lipinski definition) is 6. The number of rotatable bonds is 3. The fourth-order valence-corrected chi connectivity index (χ4v) is 2.35. The molecule has 1 fully saturated rings. The Morgan fingerprint density at radius 3 is 2.95 bits per heavy atom. The first-order chi connectivity index (χ1) is 10.4. The van der Waals surface area contributed by atoms with Crippen LogP contribution in [-0.4, -0.2) is 38.5 Å². The zero-order valence-electron chi connectivity index (χ0n) is 11.2. The number of pyridine rings is 1. The van der Waals surface area contributed by atoms with Gasteiger partial charge in [-0.1, -0.05) is 5.16 Å². The number of aromatic nitrogens is 5. The van der Waals surface area contributed by atoms with Crippen molar-refractivity contribution in [3.8, 4) is 22.8 Å². The first-order valence-corrected chi connectivity index (χ1v) is 6.78. The van der Waals surface area contributed by atoms with Gasteiger partial charge in [0.1, 0.15) is 5.69 Å². The van der Waals surface area contributed by atoms with Crippen molar-refractivity contribution in [2.75, 3.05) is 13.2 Å². The Hall–Kier alpha value is -2.54. The molecule has 21 heavy (non-hydrogen) atoms. The van der Waals surface area contributed by atoms with Gasteiger partial charge in [0.2, 0.25) is 0 Å². The lowest BCUT2D eigenvalue weighted by atomic mass is 10.1. The summed E-state index contributed by atoms with van der Waals surface area (Å²) in [6, 6.07) is 5.68. The van der Waals surface area contributed by atoms with Crippen molar-refractivity contribution in [2.24, 2.45) is 0 Å². The molecule has 3 aromatic rings. The molecule has 4 rings (SSSR count). The van der Waals surface area contributed by atoms with Gasteiger partial charge in [-0.05, 0) is 24.6 Å². The number of nitrogens with zero attached hydrogens (tertiary/aromatic N) is 4. The molecule has 1 aliphatic heterocycles. The third-order valence-corrected chi connectivity index (χ3v) is 3.52. The van der Waals surface area contributed by atoms with Gasteiger partial charge in [0.15, 0.2) is 5.82 Å². The maximum Gasteiger partial charge on any atom is 0.275 e. The predicted molar refractivity (Wildman–Crippen MR) is 73.3 cm³/mol. The van der Waals surface area contributed by atoms with Crippen molar-refractivity contribution in [1.82, 2.24) is 25.3 Å². The second kappa shape index (κ2) is 5.10. The summed E-state index contributed by atoms with van der Waals surface area (Å²) < 4.78 is 10.7. The lowest BCUT2D eigenvalue weighted by Crippen LogP contribution is -1.99. The third kappa shape index (κ3) is 2.31. The molecule has 0 spiro atoms. The van der Waals surface area contributed by atoms with Crippen molar-refractivity contribution in [3.63, 3.8) is 0 Å². The van der Waals surface area contributed by atoms with Gasteiger partial charge in [0, 0.05) is 30.5 Å². The molecule has 1 saturated heterocycles. The molecule has 1 atom stereocenters. The monoisotopic (exact) mass is 283 g/mol. The van der Waals surface area contributed by atoms with E-state index in [4.69, 9.17) is 9.26 Å². The average Bonchev–Trinajstić information content (AvgIpc) is 3.27. The third-order valence-electron chi connectivity index (χ3n) is 3.52. The zero-order chi connectivity index (χ0) is 14.1. The van der Waals surface area contributed by atoms with E-state index >= 15 is 0 Å². The van der Waals surface area contributed by atoms with Gasteiger partial charge in [0.25, 0.3) is 5.89 Å². The number of ether oxygens (including phenoxy) is 1. The lowest BCUT2D eigenvalue weighted by Gasteiger charge is -1.97. The van der Waals surface area contributed by atoms with Crippen molar-refractivity contribution < 1.29 is 9.26 Å². The van der Waals surface area contributed by atoms with Crippen molar-refractivity contribution in [1.29, 1.82) is 0 Å². The van der Waals surface area contributed by atoms with Crippen LogP contribution in [0.25, 0.3) is 22.8 Å². The topological polar surface area (TPSA) is 89.7 Å². The molecule has 7 heteroatoms. The summed E-state index contributed by atoms with van der Waals surface area (Å²) >= 11 is 0. The first kappa shape index (κ1) is 12.2. The number of hydrogen-bond donors (Lipinski definition) is 1. The summed E-state index contributed by atoms with van der Waals surface area (Å²) in [6.07, 6.45) is 4.40. The van der Waals surface area contributed by atoms with Crippen molar-refractivity contribution >= 4 is 0 Å². The largest absolute Gasteiger partial charge is 0.381 e. The van der Waals surface area contributed by atoms with E-state index in [1.165, 1.54) is 0 Å². The molecule has 1 N–H and O–H groups in total. The molecular weight excluding hydrogens is 270 g/mol. The van der Waals surface area contributed by atoms with Gasteiger partial charge >= 0.3 is 0 Å². The van der Waals surface area contributed by atoms with Crippen LogP contribution in [0.1, 0.15) is 18.2 Å². The highest BCUT2D eigenvalue weighted by atomic mass is 16.5. The van der Waals surface area contributed by atoms with E-state index in [9.17, 15) is 0 Å². The Morgan fingerprint density at radius 2 is 2.14 bits per heavy atom. The minimum Gasteiger partial charge on any atom is -0.381 e. The van der Waals surface area contributed by atoms with Gasteiger partial charge in [-0.2, -0.15) is 10.1 Å². The summed E-state index contributed by atoms with van der Waals surface area (Å²) in [5, 5.41) is 11.2. The van der Waals surface area contributed by atoms with E-state index < -0.39 is 0 Å². The van der Waals surface area contributed by atoms with E-state index in [1.54, 1.807) is 12.4 Å². The number of aromatic amines is 1. The van der Waals surface area contributed by atoms with Crippen LogP contribution in [0.4, 0.5) is 0 Å². The Kier molecular flexibility index (Phi) is 2.97. The van der Waals surface area contributed by atoms with Crippen LogP contribution in [0.5, 0.6) is 0 Å². The van der Waals surface area contributed by atoms with E-state index in [0.29, 0.717) is 24.0 Å². The minimum absolute atomic E-state index is 0.227. The SMILES string of the molecule is c1cc(-c2cc(-c3nc([C@@H]4CCOC4)no3)[nH]n2)ccn1. The van der Waals surface area contributed by atoms with E-state index in [0.717, 1.165) is 24.3 Å². The van der Waals surface area contributed by atoms with Crippen LogP contribution in [0.15, 0.2) is 35.1 Å². The predicted octanol–water partition coefficient (Wildman–Crippen LogP) is 2.03. The van der Waals surface area contributed by atoms with Gasteiger partial charge in [0.05, 0.1) is 12.3 Å². The molecule has 0 amide bonds. The second-order valence-corrected chi connectivity index (χ2v) is 4.92.